The number of nitrogens with one attached hydrogen (secondary N) is 1. The lowest BCUT2D eigenvalue weighted by Crippen LogP contribution is -2.31. The second-order valence-corrected chi connectivity index (χ2v) is 8.96. The van der Waals surface area contributed by atoms with Gasteiger partial charge in [-0.3, -0.25) is 9.59 Å². The maximum Gasteiger partial charge on any atom is 0.255 e. The Bertz CT molecular complexity index is 1390. The fraction of sp³-hybridized carbons (Fsp3) is 0.161. The number of methoxy groups -OCH3 is 1. The third-order valence-electron chi connectivity index (χ3n) is 6.14. The van der Waals surface area contributed by atoms with Crippen LogP contribution < -0.4 is 15.8 Å². The van der Waals surface area contributed by atoms with Crippen LogP contribution in [0, 0.1) is 5.82 Å². The van der Waals surface area contributed by atoms with E-state index in [4.69, 9.17) is 10.5 Å². The van der Waals surface area contributed by atoms with Crippen molar-refractivity contribution in [1.82, 2.24) is 4.90 Å². The molecule has 6 nitrogen and oxygen atoms in total. The summed E-state index contributed by atoms with van der Waals surface area (Å²) in [6, 6.07) is 28.2. The van der Waals surface area contributed by atoms with Gasteiger partial charge in [0.15, 0.2) is 0 Å². The molecule has 3 N–H and O–H groups in total. The van der Waals surface area contributed by atoms with Gasteiger partial charge >= 0.3 is 0 Å². The number of nitrogens with two attached hydrogens (primary N) is 1. The molecule has 0 spiro atoms. The number of ether oxygens (including phenoxy) is 1. The zero-order valence-electron chi connectivity index (χ0n) is 21.2. The van der Waals surface area contributed by atoms with Gasteiger partial charge in [0.05, 0.1) is 13.5 Å². The first-order chi connectivity index (χ1) is 18.4. The van der Waals surface area contributed by atoms with Gasteiger partial charge in [-0.1, -0.05) is 54.6 Å². The SMILES string of the molecule is COc1ccc(CC(=O)N(Cc2ccc(NC(=O)c3cccc(F)c3)cc2)Cc2cccc(CN)c2)cc1. The number of benzene rings is 4. The van der Waals surface area contributed by atoms with E-state index in [-0.39, 0.29) is 17.9 Å². The van der Waals surface area contributed by atoms with E-state index in [0.717, 1.165) is 28.0 Å². The molecule has 0 heterocycles. The fourth-order valence-corrected chi connectivity index (χ4v) is 4.08. The van der Waals surface area contributed by atoms with E-state index in [1.807, 2.05) is 60.7 Å². The van der Waals surface area contributed by atoms with Gasteiger partial charge in [-0.15, -0.1) is 0 Å². The third-order valence-corrected chi connectivity index (χ3v) is 6.14. The first kappa shape index (κ1) is 26.6. The Morgan fingerprint density at radius 2 is 1.47 bits per heavy atom. The number of anilines is 1. The molecule has 4 aromatic rings. The highest BCUT2D eigenvalue weighted by Gasteiger charge is 2.16. The first-order valence-electron chi connectivity index (χ1n) is 12.3. The summed E-state index contributed by atoms with van der Waals surface area (Å²) in [5.74, 6) is -0.143. The summed E-state index contributed by atoms with van der Waals surface area (Å²) in [6.07, 6.45) is 0.252. The van der Waals surface area contributed by atoms with Gasteiger partial charge in [-0.05, 0) is 64.7 Å². The lowest BCUT2D eigenvalue weighted by Gasteiger charge is -2.24. The van der Waals surface area contributed by atoms with Crippen LogP contribution in [0.2, 0.25) is 0 Å². The normalized spacial score (nSPS) is 10.6. The van der Waals surface area contributed by atoms with Crippen molar-refractivity contribution in [2.45, 2.75) is 26.1 Å². The molecule has 0 aromatic heterocycles. The first-order valence-corrected chi connectivity index (χ1v) is 12.3. The average molecular weight is 512 g/mol. The van der Waals surface area contributed by atoms with E-state index in [2.05, 4.69) is 5.32 Å². The second-order valence-electron chi connectivity index (χ2n) is 8.96. The van der Waals surface area contributed by atoms with Crippen molar-refractivity contribution in [2.24, 2.45) is 5.73 Å². The van der Waals surface area contributed by atoms with Gasteiger partial charge in [0.25, 0.3) is 5.91 Å². The topological polar surface area (TPSA) is 84.7 Å². The van der Waals surface area contributed by atoms with Crippen molar-refractivity contribution in [3.05, 3.63) is 131 Å². The summed E-state index contributed by atoms with van der Waals surface area (Å²) in [7, 11) is 1.61. The molecule has 0 aliphatic carbocycles. The lowest BCUT2D eigenvalue weighted by atomic mass is 10.1. The molecule has 38 heavy (non-hydrogen) atoms. The van der Waals surface area contributed by atoms with E-state index < -0.39 is 11.7 Å². The van der Waals surface area contributed by atoms with Gasteiger partial charge in [-0.2, -0.15) is 0 Å². The summed E-state index contributed by atoms with van der Waals surface area (Å²) in [4.78, 5) is 27.7. The zero-order chi connectivity index (χ0) is 26.9. The van der Waals surface area contributed by atoms with Crippen LogP contribution in [-0.4, -0.2) is 23.8 Å². The van der Waals surface area contributed by atoms with Crippen LogP contribution in [0.1, 0.15) is 32.6 Å². The van der Waals surface area contributed by atoms with Crippen molar-refractivity contribution in [3.63, 3.8) is 0 Å². The summed E-state index contributed by atoms with van der Waals surface area (Å²) in [5.41, 5.74) is 10.4. The zero-order valence-corrected chi connectivity index (χ0v) is 21.2. The van der Waals surface area contributed by atoms with Crippen LogP contribution in [0.3, 0.4) is 0 Å². The number of hydrogen-bond acceptors (Lipinski definition) is 4. The molecule has 4 rings (SSSR count). The van der Waals surface area contributed by atoms with E-state index in [9.17, 15) is 14.0 Å². The Kier molecular flexibility index (Phi) is 8.85. The molecule has 4 aromatic carbocycles. The highest BCUT2D eigenvalue weighted by molar-refractivity contribution is 6.04. The number of hydrogen-bond donors (Lipinski definition) is 2. The molecule has 0 bridgehead atoms. The molecule has 0 saturated heterocycles. The summed E-state index contributed by atoms with van der Waals surface area (Å²) in [5, 5.41) is 2.78. The summed E-state index contributed by atoms with van der Waals surface area (Å²) < 4.78 is 18.7. The van der Waals surface area contributed by atoms with Crippen LogP contribution in [0.25, 0.3) is 0 Å². The van der Waals surface area contributed by atoms with Gasteiger partial charge in [0, 0.05) is 30.9 Å². The minimum atomic E-state index is -0.468. The molecule has 194 valence electrons. The van der Waals surface area contributed by atoms with Crippen molar-refractivity contribution < 1.29 is 18.7 Å². The van der Waals surface area contributed by atoms with Crippen LogP contribution in [-0.2, 0) is 30.8 Å². The molecule has 2 amide bonds. The number of nitrogens with zero attached hydrogens (tertiary/aromatic N) is 1. The molecule has 0 fully saturated rings. The number of rotatable bonds is 10. The van der Waals surface area contributed by atoms with Crippen LogP contribution >= 0.6 is 0 Å². The van der Waals surface area contributed by atoms with Crippen molar-refractivity contribution in [1.29, 1.82) is 0 Å². The maximum atomic E-state index is 13.5. The molecule has 0 atom stereocenters. The number of halogens is 1. The van der Waals surface area contributed by atoms with Crippen molar-refractivity contribution in [3.8, 4) is 5.75 Å². The van der Waals surface area contributed by atoms with Gasteiger partial charge in [-0.25, -0.2) is 4.39 Å². The standard InChI is InChI=1S/C31H30FN3O3/c1-38-29-14-10-22(11-15-29)17-30(36)35(21-25-5-2-4-24(16-25)19-33)20-23-8-12-28(13-9-23)34-31(37)26-6-3-7-27(32)18-26/h2-16,18H,17,19-21,33H2,1H3,(H,34,37). The second kappa shape index (κ2) is 12.7. The van der Waals surface area contributed by atoms with Crippen LogP contribution in [0.5, 0.6) is 5.75 Å². The number of carbonyl (C=O) groups is 2. The Labute approximate surface area is 221 Å². The summed E-state index contributed by atoms with van der Waals surface area (Å²) in [6.45, 7) is 1.25. The average Bonchev–Trinajstić information content (AvgIpc) is 2.94. The van der Waals surface area contributed by atoms with Gasteiger partial charge < -0.3 is 20.7 Å². The monoisotopic (exact) mass is 511 g/mol. The third kappa shape index (κ3) is 7.27. The van der Waals surface area contributed by atoms with Crippen molar-refractivity contribution >= 4 is 17.5 Å². The van der Waals surface area contributed by atoms with E-state index in [1.54, 1.807) is 30.2 Å². The van der Waals surface area contributed by atoms with Gasteiger partial charge in [0.2, 0.25) is 5.91 Å². The van der Waals surface area contributed by atoms with Crippen molar-refractivity contribution in [2.75, 3.05) is 12.4 Å². The minimum absolute atomic E-state index is 0.0169. The number of carbonyl (C=O) groups excluding carboxylic acids is 2. The predicted molar refractivity (Wildman–Crippen MR) is 146 cm³/mol. The quantitative estimate of drug-likeness (QED) is 0.302. The molecular weight excluding hydrogens is 481 g/mol. The molecule has 0 radical (unpaired) electrons. The molecule has 0 aliphatic heterocycles. The minimum Gasteiger partial charge on any atom is -0.497 e. The molecule has 0 saturated carbocycles. The Hall–Kier alpha value is -4.49. The van der Waals surface area contributed by atoms with Gasteiger partial charge in [0.1, 0.15) is 11.6 Å². The Morgan fingerprint density at radius 1 is 0.816 bits per heavy atom. The molecule has 0 aliphatic rings. The smallest absolute Gasteiger partial charge is 0.255 e. The molecule has 0 unspecified atom stereocenters. The van der Waals surface area contributed by atoms with E-state index in [0.29, 0.717) is 25.3 Å². The maximum absolute atomic E-state index is 13.5. The predicted octanol–water partition coefficient (Wildman–Crippen LogP) is 5.32. The fourth-order valence-electron chi connectivity index (χ4n) is 4.08. The van der Waals surface area contributed by atoms with Crippen LogP contribution in [0.15, 0.2) is 97.1 Å². The molecular formula is C31H30FN3O3. The highest BCUT2D eigenvalue weighted by Crippen LogP contribution is 2.18. The highest BCUT2D eigenvalue weighted by atomic mass is 19.1. The van der Waals surface area contributed by atoms with E-state index in [1.165, 1.54) is 18.2 Å². The lowest BCUT2D eigenvalue weighted by molar-refractivity contribution is -0.131. The summed E-state index contributed by atoms with van der Waals surface area (Å²) >= 11 is 0. The Morgan fingerprint density at radius 3 is 2.16 bits per heavy atom. The number of amides is 2. The van der Waals surface area contributed by atoms with Crippen LogP contribution in [0.4, 0.5) is 10.1 Å². The largest absolute Gasteiger partial charge is 0.497 e. The molecule has 7 heteroatoms. The van der Waals surface area contributed by atoms with E-state index >= 15 is 0 Å². The Balaban J connectivity index is 1.48.